The number of likely N-dealkylation sites (N-methyl/N-ethyl adjacent to an activating group) is 1. The summed E-state index contributed by atoms with van der Waals surface area (Å²) >= 11 is 0. The molecule has 1 aromatic heterocycles. The van der Waals surface area contributed by atoms with Gasteiger partial charge in [0.05, 0.1) is 5.69 Å². The molecule has 0 unspecified atom stereocenters. The first-order chi connectivity index (χ1) is 9.70. The molecular formula is C14H19N5O. The zero-order valence-corrected chi connectivity index (χ0v) is 11.7. The topological polar surface area (TPSA) is 71.8 Å². The highest BCUT2D eigenvalue weighted by molar-refractivity contribution is 5.94. The molecule has 0 saturated heterocycles. The van der Waals surface area contributed by atoms with Gasteiger partial charge in [-0.2, -0.15) is 5.10 Å². The van der Waals surface area contributed by atoms with Crippen LogP contribution in [0.2, 0.25) is 0 Å². The van der Waals surface area contributed by atoms with E-state index in [-0.39, 0.29) is 11.9 Å². The van der Waals surface area contributed by atoms with Crippen LogP contribution in [0.5, 0.6) is 0 Å². The first kappa shape index (κ1) is 14.2. The number of nitrogens with one attached hydrogen (secondary N) is 2. The normalized spacial score (nSPS) is 12.1. The van der Waals surface area contributed by atoms with E-state index in [1.54, 1.807) is 23.1 Å². The molecule has 2 N–H and O–H groups in total. The van der Waals surface area contributed by atoms with Crippen LogP contribution in [-0.2, 0) is 0 Å². The average molecular weight is 273 g/mol. The van der Waals surface area contributed by atoms with Crippen molar-refractivity contribution in [3.05, 3.63) is 42.5 Å². The summed E-state index contributed by atoms with van der Waals surface area (Å²) in [4.78, 5) is 16.0. The van der Waals surface area contributed by atoms with Gasteiger partial charge in [0.15, 0.2) is 0 Å². The zero-order chi connectivity index (χ0) is 14.4. The van der Waals surface area contributed by atoms with Crippen molar-refractivity contribution in [2.45, 2.75) is 19.9 Å². The Morgan fingerprint density at radius 3 is 3.00 bits per heavy atom. The van der Waals surface area contributed by atoms with Crippen molar-refractivity contribution in [3.8, 4) is 5.69 Å². The molecule has 0 bridgehead atoms. The van der Waals surface area contributed by atoms with Gasteiger partial charge in [-0.15, -0.1) is 0 Å². The fraction of sp³-hybridized carbons (Fsp3) is 0.357. The fourth-order valence-corrected chi connectivity index (χ4v) is 1.90. The minimum atomic E-state index is -0.0864. The maximum Gasteiger partial charge on any atom is 0.251 e. The van der Waals surface area contributed by atoms with Crippen molar-refractivity contribution in [1.82, 2.24) is 25.4 Å². The number of rotatable bonds is 6. The quantitative estimate of drug-likeness (QED) is 0.823. The number of hydrogen-bond acceptors (Lipinski definition) is 4. The molecule has 1 heterocycles. The van der Waals surface area contributed by atoms with Gasteiger partial charge in [-0.25, -0.2) is 9.67 Å². The van der Waals surface area contributed by atoms with E-state index < -0.39 is 0 Å². The lowest BCUT2D eigenvalue weighted by atomic mass is 10.2. The van der Waals surface area contributed by atoms with Crippen LogP contribution in [0.4, 0.5) is 0 Å². The first-order valence-electron chi connectivity index (χ1n) is 6.67. The van der Waals surface area contributed by atoms with Gasteiger partial charge in [-0.05, 0) is 31.7 Å². The van der Waals surface area contributed by atoms with E-state index in [2.05, 4.69) is 20.7 Å². The van der Waals surface area contributed by atoms with Gasteiger partial charge in [-0.1, -0.05) is 13.0 Å². The van der Waals surface area contributed by atoms with Crippen molar-refractivity contribution in [2.75, 3.05) is 13.1 Å². The molecule has 0 fully saturated rings. The Labute approximate surface area is 118 Å². The van der Waals surface area contributed by atoms with Gasteiger partial charge in [0.1, 0.15) is 12.7 Å². The standard InChI is InChI=1S/C14H19N5O/c1-3-16-11(2)8-17-14(20)12-5-4-6-13(7-12)19-10-15-9-18-19/h4-7,9-11,16H,3,8H2,1-2H3,(H,17,20)/t11-/m1/s1. The second-order valence-corrected chi connectivity index (χ2v) is 4.56. The molecule has 106 valence electrons. The van der Waals surface area contributed by atoms with Crippen molar-refractivity contribution >= 4 is 5.91 Å². The lowest BCUT2D eigenvalue weighted by Gasteiger charge is -2.13. The first-order valence-corrected chi connectivity index (χ1v) is 6.67. The molecule has 2 rings (SSSR count). The van der Waals surface area contributed by atoms with E-state index in [1.807, 2.05) is 26.0 Å². The van der Waals surface area contributed by atoms with Gasteiger partial charge in [-0.3, -0.25) is 4.79 Å². The van der Waals surface area contributed by atoms with Crippen LogP contribution in [0.25, 0.3) is 5.69 Å². The zero-order valence-electron chi connectivity index (χ0n) is 11.7. The molecule has 2 aromatic rings. The Kier molecular flexibility index (Phi) is 4.84. The van der Waals surface area contributed by atoms with Gasteiger partial charge < -0.3 is 10.6 Å². The molecular weight excluding hydrogens is 254 g/mol. The largest absolute Gasteiger partial charge is 0.350 e. The smallest absolute Gasteiger partial charge is 0.251 e. The third kappa shape index (κ3) is 3.64. The summed E-state index contributed by atoms with van der Waals surface area (Å²) in [5.41, 5.74) is 1.43. The Morgan fingerprint density at radius 1 is 1.45 bits per heavy atom. The minimum absolute atomic E-state index is 0.0864. The Hall–Kier alpha value is -2.21. The summed E-state index contributed by atoms with van der Waals surface area (Å²) in [7, 11) is 0. The summed E-state index contributed by atoms with van der Waals surface area (Å²) in [5.74, 6) is -0.0864. The van der Waals surface area contributed by atoms with Gasteiger partial charge >= 0.3 is 0 Å². The van der Waals surface area contributed by atoms with E-state index in [4.69, 9.17) is 0 Å². The second kappa shape index (κ2) is 6.81. The van der Waals surface area contributed by atoms with E-state index in [0.717, 1.165) is 12.2 Å². The molecule has 1 aromatic carbocycles. The summed E-state index contributed by atoms with van der Waals surface area (Å²) < 4.78 is 1.62. The number of hydrogen-bond donors (Lipinski definition) is 2. The number of benzene rings is 1. The van der Waals surface area contributed by atoms with Crippen LogP contribution in [0, 0.1) is 0 Å². The van der Waals surface area contributed by atoms with Crippen LogP contribution in [-0.4, -0.2) is 39.8 Å². The van der Waals surface area contributed by atoms with Crippen molar-refractivity contribution < 1.29 is 4.79 Å². The third-order valence-corrected chi connectivity index (χ3v) is 2.91. The Bertz CT molecular complexity index is 552. The molecule has 0 spiro atoms. The number of carbonyl (C=O) groups excluding carboxylic acids is 1. The molecule has 1 atom stereocenters. The molecule has 20 heavy (non-hydrogen) atoms. The van der Waals surface area contributed by atoms with Crippen molar-refractivity contribution in [3.63, 3.8) is 0 Å². The molecule has 0 aliphatic heterocycles. The Balaban J connectivity index is 2.02. The second-order valence-electron chi connectivity index (χ2n) is 4.56. The van der Waals surface area contributed by atoms with E-state index in [9.17, 15) is 4.79 Å². The van der Waals surface area contributed by atoms with E-state index >= 15 is 0 Å². The number of nitrogens with zero attached hydrogens (tertiary/aromatic N) is 3. The fourth-order valence-electron chi connectivity index (χ4n) is 1.90. The van der Waals surface area contributed by atoms with Crippen LogP contribution >= 0.6 is 0 Å². The molecule has 0 aliphatic carbocycles. The minimum Gasteiger partial charge on any atom is -0.350 e. The monoisotopic (exact) mass is 273 g/mol. The van der Waals surface area contributed by atoms with Crippen LogP contribution in [0.1, 0.15) is 24.2 Å². The summed E-state index contributed by atoms with van der Waals surface area (Å²) in [6.45, 7) is 5.56. The van der Waals surface area contributed by atoms with Crippen LogP contribution in [0.3, 0.4) is 0 Å². The van der Waals surface area contributed by atoms with Gasteiger partial charge in [0, 0.05) is 18.2 Å². The van der Waals surface area contributed by atoms with Gasteiger partial charge in [0.25, 0.3) is 5.91 Å². The lowest BCUT2D eigenvalue weighted by Crippen LogP contribution is -2.38. The molecule has 0 saturated carbocycles. The average Bonchev–Trinajstić information content (AvgIpc) is 2.99. The summed E-state index contributed by atoms with van der Waals surface area (Å²) in [6, 6.07) is 7.55. The maximum atomic E-state index is 12.1. The lowest BCUT2D eigenvalue weighted by molar-refractivity contribution is 0.0950. The highest BCUT2D eigenvalue weighted by atomic mass is 16.1. The Morgan fingerprint density at radius 2 is 2.30 bits per heavy atom. The van der Waals surface area contributed by atoms with E-state index in [1.165, 1.54) is 6.33 Å². The molecule has 0 aliphatic rings. The van der Waals surface area contributed by atoms with Crippen molar-refractivity contribution in [2.24, 2.45) is 0 Å². The number of carbonyl (C=O) groups is 1. The predicted octanol–water partition coefficient (Wildman–Crippen LogP) is 0.995. The highest BCUT2D eigenvalue weighted by Gasteiger charge is 2.08. The summed E-state index contributed by atoms with van der Waals surface area (Å²) in [6.07, 6.45) is 3.06. The molecule has 0 radical (unpaired) electrons. The maximum absolute atomic E-state index is 12.1. The van der Waals surface area contributed by atoms with Gasteiger partial charge in [0.2, 0.25) is 0 Å². The molecule has 1 amide bonds. The third-order valence-electron chi connectivity index (χ3n) is 2.91. The van der Waals surface area contributed by atoms with Crippen LogP contribution in [0.15, 0.2) is 36.9 Å². The van der Waals surface area contributed by atoms with E-state index in [0.29, 0.717) is 12.1 Å². The molecule has 6 heteroatoms. The number of aromatic nitrogens is 3. The highest BCUT2D eigenvalue weighted by Crippen LogP contribution is 2.08. The van der Waals surface area contributed by atoms with Crippen LogP contribution < -0.4 is 10.6 Å². The predicted molar refractivity (Wildman–Crippen MR) is 76.8 cm³/mol. The number of amides is 1. The molecule has 6 nitrogen and oxygen atoms in total. The summed E-state index contributed by atoms with van der Waals surface area (Å²) in [5, 5.41) is 10.2. The SMILES string of the molecule is CCN[C@H](C)CNC(=O)c1cccc(-n2cncn2)c1. The van der Waals surface area contributed by atoms with Crippen molar-refractivity contribution in [1.29, 1.82) is 0 Å².